The highest BCUT2D eigenvalue weighted by Crippen LogP contribution is 2.39. The molecule has 0 atom stereocenters. The highest BCUT2D eigenvalue weighted by Gasteiger charge is 2.42. The summed E-state index contributed by atoms with van der Waals surface area (Å²) in [6.45, 7) is 4.55. The topological polar surface area (TPSA) is 15.9 Å². The molecule has 0 amide bonds. The van der Waals surface area contributed by atoms with Crippen LogP contribution in [0.4, 0.5) is 5.69 Å². The Bertz CT molecular complexity index is 700. The summed E-state index contributed by atoms with van der Waals surface area (Å²) in [6.07, 6.45) is 8.02. The molecule has 1 aromatic heterocycles. The SMILES string of the molecule is C[N+]1=C(/C=C/c2cccnc2)C(C)(C)c2ccccc21.[I-]. The van der Waals surface area contributed by atoms with Gasteiger partial charge in [-0.15, -0.1) is 0 Å². The first-order valence-electron chi connectivity index (χ1n) is 6.89. The van der Waals surface area contributed by atoms with Crippen LogP contribution in [0.5, 0.6) is 0 Å². The van der Waals surface area contributed by atoms with E-state index in [0.717, 1.165) is 5.56 Å². The van der Waals surface area contributed by atoms with Gasteiger partial charge in [-0.05, 0) is 31.6 Å². The molecule has 2 aromatic rings. The predicted octanol–water partition coefficient (Wildman–Crippen LogP) is 0.805. The quantitative estimate of drug-likeness (QED) is 0.548. The van der Waals surface area contributed by atoms with Gasteiger partial charge in [-0.25, -0.2) is 0 Å². The maximum Gasteiger partial charge on any atom is 0.209 e. The van der Waals surface area contributed by atoms with Crippen LogP contribution in [0, 0.1) is 0 Å². The van der Waals surface area contributed by atoms with Gasteiger partial charge in [-0.2, -0.15) is 4.58 Å². The smallest absolute Gasteiger partial charge is 0.209 e. The predicted molar refractivity (Wildman–Crippen MR) is 83.6 cm³/mol. The highest BCUT2D eigenvalue weighted by molar-refractivity contribution is 6.05. The lowest BCUT2D eigenvalue weighted by atomic mass is 9.81. The summed E-state index contributed by atoms with van der Waals surface area (Å²) >= 11 is 0. The van der Waals surface area contributed by atoms with Crippen molar-refractivity contribution in [3.05, 3.63) is 66.0 Å². The summed E-state index contributed by atoms with van der Waals surface area (Å²) in [6, 6.07) is 12.6. The molecule has 0 unspecified atom stereocenters. The molecule has 0 N–H and O–H groups in total. The van der Waals surface area contributed by atoms with E-state index >= 15 is 0 Å². The first-order valence-corrected chi connectivity index (χ1v) is 6.89. The van der Waals surface area contributed by atoms with Crippen LogP contribution in [0.2, 0.25) is 0 Å². The van der Waals surface area contributed by atoms with Crippen molar-refractivity contribution in [2.45, 2.75) is 19.3 Å². The van der Waals surface area contributed by atoms with Crippen molar-refractivity contribution >= 4 is 17.5 Å². The molecule has 1 aliphatic heterocycles. The molecule has 3 rings (SSSR count). The number of hydrogen-bond donors (Lipinski definition) is 0. The van der Waals surface area contributed by atoms with E-state index in [-0.39, 0.29) is 29.4 Å². The van der Waals surface area contributed by atoms with Gasteiger partial charge in [0, 0.05) is 30.1 Å². The summed E-state index contributed by atoms with van der Waals surface area (Å²) in [5.74, 6) is 0. The first kappa shape index (κ1) is 15.9. The fraction of sp³-hybridized carbons (Fsp3) is 0.222. The molecule has 0 saturated carbocycles. The molecule has 108 valence electrons. The summed E-state index contributed by atoms with van der Waals surface area (Å²) in [4.78, 5) is 4.15. The third-order valence-electron chi connectivity index (χ3n) is 4.06. The summed E-state index contributed by atoms with van der Waals surface area (Å²) in [5.41, 5.74) is 5.14. The number of allylic oxidation sites excluding steroid dienone is 1. The summed E-state index contributed by atoms with van der Waals surface area (Å²) in [7, 11) is 2.14. The minimum Gasteiger partial charge on any atom is -1.00 e. The summed E-state index contributed by atoms with van der Waals surface area (Å²) in [5, 5.41) is 0. The van der Waals surface area contributed by atoms with E-state index in [9.17, 15) is 0 Å². The van der Waals surface area contributed by atoms with Crippen LogP contribution >= 0.6 is 0 Å². The second kappa shape index (κ2) is 6.10. The number of halogens is 1. The van der Waals surface area contributed by atoms with Crippen LogP contribution in [-0.2, 0) is 5.41 Å². The largest absolute Gasteiger partial charge is 1.00 e. The minimum atomic E-state index is 0. The number of benzene rings is 1. The zero-order chi connectivity index (χ0) is 14.2. The number of aromatic nitrogens is 1. The molecular weight excluding hydrogens is 371 g/mol. The van der Waals surface area contributed by atoms with Crippen LogP contribution in [0.15, 0.2) is 54.9 Å². The van der Waals surface area contributed by atoms with Crippen LogP contribution in [0.25, 0.3) is 6.08 Å². The Labute approximate surface area is 143 Å². The second-order valence-electron chi connectivity index (χ2n) is 5.71. The van der Waals surface area contributed by atoms with E-state index in [0.29, 0.717) is 0 Å². The van der Waals surface area contributed by atoms with E-state index < -0.39 is 0 Å². The Kier molecular flexibility index (Phi) is 4.61. The minimum absolute atomic E-state index is 0. The van der Waals surface area contributed by atoms with E-state index in [4.69, 9.17) is 0 Å². The van der Waals surface area contributed by atoms with E-state index in [1.54, 1.807) is 6.20 Å². The zero-order valence-electron chi connectivity index (χ0n) is 12.5. The van der Waals surface area contributed by atoms with Crippen molar-refractivity contribution < 1.29 is 28.6 Å². The van der Waals surface area contributed by atoms with Gasteiger partial charge in [0.15, 0.2) is 5.71 Å². The maximum absolute atomic E-state index is 4.15. The maximum atomic E-state index is 4.15. The molecular formula is C18H19IN2. The molecule has 0 radical (unpaired) electrons. The molecule has 0 spiro atoms. The van der Waals surface area contributed by atoms with Gasteiger partial charge < -0.3 is 24.0 Å². The molecule has 21 heavy (non-hydrogen) atoms. The van der Waals surface area contributed by atoms with Crippen molar-refractivity contribution in [1.29, 1.82) is 0 Å². The second-order valence-corrected chi connectivity index (χ2v) is 5.71. The third-order valence-corrected chi connectivity index (χ3v) is 4.06. The first-order chi connectivity index (χ1) is 9.60. The van der Waals surface area contributed by atoms with E-state index in [1.165, 1.54) is 17.0 Å². The Morgan fingerprint density at radius 3 is 2.48 bits per heavy atom. The molecule has 2 nitrogen and oxygen atoms in total. The standard InChI is InChI=1S/C18H19N2.HI/c1-18(2)15-8-4-5-9-16(15)20(3)17(18)11-10-14-7-6-12-19-13-14;/h4-13H,1-3H3;1H/q+1;/p-1. The van der Waals surface area contributed by atoms with Crippen molar-refractivity contribution in [1.82, 2.24) is 4.98 Å². The van der Waals surface area contributed by atoms with E-state index in [2.05, 4.69) is 72.9 Å². The van der Waals surface area contributed by atoms with Gasteiger partial charge in [0.05, 0.1) is 5.41 Å². The number of para-hydroxylation sites is 1. The average molecular weight is 390 g/mol. The van der Waals surface area contributed by atoms with E-state index in [1.807, 2.05) is 12.3 Å². The monoisotopic (exact) mass is 390 g/mol. The normalized spacial score (nSPS) is 16.0. The number of fused-ring (bicyclic) bond motifs is 1. The lowest BCUT2D eigenvalue weighted by Gasteiger charge is -2.15. The summed E-state index contributed by atoms with van der Waals surface area (Å²) < 4.78 is 2.28. The third kappa shape index (κ3) is 2.79. The average Bonchev–Trinajstić information content (AvgIpc) is 2.66. The van der Waals surface area contributed by atoms with Crippen molar-refractivity contribution in [3.63, 3.8) is 0 Å². The fourth-order valence-electron chi connectivity index (χ4n) is 2.95. The molecule has 0 aliphatic carbocycles. The van der Waals surface area contributed by atoms with Gasteiger partial charge in [-0.3, -0.25) is 4.98 Å². The van der Waals surface area contributed by atoms with Gasteiger partial charge in [0.25, 0.3) is 0 Å². The molecule has 3 heteroatoms. The molecule has 2 heterocycles. The Morgan fingerprint density at radius 1 is 1.05 bits per heavy atom. The molecule has 0 bridgehead atoms. The van der Waals surface area contributed by atoms with Gasteiger partial charge in [0.2, 0.25) is 5.69 Å². The number of nitrogens with zero attached hydrogens (tertiary/aromatic N) is 2. The molecule has 1 aromatic carbocycles. The number of rotatable bonds is 2. The number of hydrogen-bond acceptors (Lipinski definition) is 1. The fourth-order valence-corrected chi connectivity index (χ4v) is 2.95. The van der Waals surface area contributed by atoms with Gasteiger partial charge in [0.1, 0.15) is 7.05 Å². The van der Waals surface area contributed by atoms with Crippen molar-refractivity contribution in [2.24, 2.45) is 0 Å². The molecule has 0 fully saturated rings. The Hall–Kier alpha value is -1.49. The van der Waals surface area contributed by atoms with Crippen LogP contribution in [0.1, 0.15) is 25.0 Å². The van der Waals surface area contributed by atoms with Crippen LogP contribution in [0.3, 0.4) is 0 Å². The van der Waals surface area contributed by atoms with Crippen LogP contribution < -0.4 is 24.0 Å². The molecule has 1 aliphatic rings. The number of pyridine rings is 1. The Morgan fingerprint density at radius 2 is 1.81 bits per heavy atom. The van der Waals surface area contributed by atoms with Gasteiger partial charge in [-0.1, -0.05) is 24.3 Å². The highest BCUT2D eigenvalue weighted by atomic mass is 127. The molecule has 0 saturated heterocycles. The zero-order valence-corrected chi connectivity index (χ0v) is 14.7. The van der Waals surface area contributed by atoms with Crippen molar-refractivity contribution in [2.75, 3.05) is 7.05 Å². The lowest BCUT2D eigenvalue weighted by Crippen LogP contribution is -3.00. The van der Waals surface area contributed by atoms with Crippen LogP contribution in [-0.4, -0.2) is 22.3 Å². The lowest BCUT2D eigenvalue weighted by molar-refractivity contribution is -0.401. The van der Waals surface area contributed by atoms with Gasteiger partial charge >= 0.3 is 0 Å². The Balaban J connectivity index is 0.00000161. The van der Waals surface area contributed by atoms with Crippen molar-refractivity contribution in [3.8, 4) is 0 Å².